The highest BCUT2D eigenvalue weighted by atomic mass is 35.5. The molecule has 2 aromatic carbocycles. The van der Waals surface area contributed by atoms with E-state index in [1.54, 1.807) is 6.07 Å². The molecule has 0 spiro atoms. The number of para-hydroxylation sites is 2. The van der Waals surface area contributed by atoms with E-state index in [0.29, 0.717) is 11.6 Å². The van der Waals surface area contributed by atoms with Crippen LogP contribution in [0.3, 0.4) is 0 Å². The number of nitrogens with zero attached hydrogens (tertiary/aromatic N) is 3. The van der Waals surface area contributed by atoms with Gasteiger partial charge in [0.15, 0.2) is 11.5 Å². The molecule has 0 saturated heterocycles. The van der Waals surface area contributed by atoms with Crippen molar-refractivity contribution < 1.29 is 9.34 Å². The van der Waals surface area contributed by atoms with Crippen LogP contribution in [-0.4, -0.2) is 28.4 Å². The highest BCUT2D eigenvalue weighted by Gasteiger charge is 2.12. The molecule has 0 amide bonds. The van der Waals surface area contributed by atoms with Gasteiger partial charge in [-0.25, -0.2) is 4.98 Å². The number of hydrogen-bond acceptors (Lipinski definition) is 5. The van der Waals surface area contributed by atoms with Crippen LogP contribution in [0, 0.1) is 10.1 Å². The molecule has 0 aliphatic rings. The Bertz CT molecular complexity index is 861. The Balaban J connectivity index is 1.55. The summed E-state index contributed by atoms with van der Waals surface area (Å²) in [6, 6.07) is 12.2. The van der Waals surface area contributed by atoms with E-state index < -0.39 is 4.92 Å². The van der Waals surface area contributed by atoms with Crippen molar-refractivity contribution in [3.05, 3.63) is 69.1 Å². The summed E-state index contributed by atoms with van der Waals surface area (Å²) in [6.45, 7) is 1.35. The lowest BCUT2D eigenvalue weighted by Gasteiger charge is -2.16. The lowest BCUT2D eigenvalue weighted by atomic mass is 10.2. The van der Waals surface area contributed by atoms with Gasteiger partial charge in [0.05, 0.1) is 4.92 Å². The molecule has 0 atom stereocenters. The average Bonchev–Trinajstić information content (AvgIpc) is 2.99. The fourth-order valence-electron chi connectivity index (χ4n) is 2.69. The van der Waals surface area contributed by atoms with Crippen molar-refractivity contribution in [2.75, 3.05) is 13.6 Å². The Morgan fingerprint density at radius 2 is 2.08 bits per heavy atom. The van der Waals surface area contributed by atoms with Gasteiger partial charge >= 0.3 is 0 Å². The lowest BCUT2D eigenvalue weighted by Crippen LogP contribution is -2.20. The number of non-ortho nitro benzene ring substituents is 1. The molecular weight excluding hydrogens is 342 g/mol. The van der Waals surface area contributed by atoms with Crippen molar-refractivity contribution in [1.82, 2.24) is 9.88 Å². The van der Waals surface area contributed by atoms with E-state index in [9.17, 15) is 10.1 Å². The average molecular weight is 360 g/mol. The lowest BCUT2D eigenvalue weighted by molar-refractivity contribution is -0.384. The number of benzene rings is 2. The van der Waals surface area contributed by atoms with Gasteiger partial charge in [0.2, 0.25) is 0 Å². The Morgan fingerprint density at radius 3 is 2.84 bits per heavy atom. The molecule has 0 aliphatic heterocycles. The molecule has 0 N–H and O–H groups in total. The Hall–Kier alpha value is -2.44. The minimum atomic E-state index is -0.410. The third-order valence-corrected chi connectivity index (χ3v) is 4.32. The van der Waals surface area contributed by atoms with Crippen LogP contribution in [-0.2, 0) is 13.0 Å². The van der Waals surface area contributed by atoms with Crippen LogP contribution in [0.2, 0.25) is 5.02 Å². The van der Waals surface area contributed by atoms with Gasteiger partial charge in [0, 0.05) is 30.1 Å². The molecule has 0 bridgehead atoms. The molecule has 1 aromatic heterocycles. The third-order valence-electron chi connectivity index (χ3n) is 3.95. The van der Waals surface area contributed by atoms with Crippen LogP contribution < -0.4 is 0 Å². The van der Waals surface area contributed by atoms with Gasteiger partial charge in [-0.05, 0) is 43.8 Å². The monoisotopic (exact) mass is 359 g/mol. The Labute approximate surface area is 150 Å². The first-order valence-corrected chi connectivity index (χ1v) is 8.36. The Kier molecular flexibility index (Phi) is 5.31. The summed E-state index contributed by atoms with van der Waals surface area (Å²) in [5, 5.41) is 11.4. The fourth-order valence-corrected chi connectivity index (χ4v) is 2.87. The minimum Gasteiger partial charge on any atom is -0.441 e. The van der Waals surface area contributed by atoms with E-state index in [-0.39, 0.29) is 5.69 Å². The number of aromatic nitrogens is 1. The van der Waals surface area contributed by atoms with Gasteiger partial charge in [-0.15, -0.1) is 0 Å². The maximum Gasteiger partial charge on any atom is 0.269 e. The van der Waals surface area contributed by atoms with Crippen LogP contribution in [0.1, 0.15) is 17.9 Å². The maximum absolute atomic E-state index is 10.9. The quantitative estimate of drug-likeness (QED) is 0.460. The molecule has 0 fully saturated rings. The van der Waals surface area contributed by atoms with Gasteiger partial charge in [-0.1, -0.05) is 23.7 Å². The zero-order valence-electron chi connectivity index (χ0n) is 13.8. The molecule has 0 saturated carbocycles. The molecular formula is C18H18ClN3O3. The summed E-state index contributed by atoms with van der Waals surface area (Å²) < 4.78 is 5.70. The second-order valence-electron chi connectivity index (χ2n) is 5.95. The standard InChI is InChI=1S/C18H18ClN3O3/c1-21(12-13-11-14(22(23)24)8-9-15(13)19)10-4-7-18-20-16-5-2-3-6-17(16)25-18/h2-3,5-6,8-9,11H,4,7,10,12H2,1H3. The van der Waals surface area contributed by atoms with Crippen LogP contribution in [0.5, 0.6) is 0 Å². The molecule has 0 aliphatic carbocycles. The van der Waals surface area contributed by atoms with Crippen LogP contribution in [0.15, 0.2) is 46.9 Å². The summed E-state index contributed by atoms with van der Waals surface area (Å²) in [7, 11) is 1.96. The van der Waals surface area contributed by atoms with E-state index in [4.69, 9.17) is 16.0 Å². The van der Waals surface area contributed by atoms with E-state index in [2.05, 4.69) is 9.88 Å². The molecule has 130 valence electrons. The maximum atomic E-state index is 10.9. The van der Waals surface area contributed by atoms with Crippen molar-refractivity contribution in [2.45, 2.75) is 19.4 Å². The largest absolute Gasteiger partial charge is 0.441 e. The van der Waals surface area contributed by atoms with Gasteiger partial charge in [-0.2, -0.15) is 0 Å². The number of hydrogen-bond donors (Lipinski definition) is 0. The molecule has 3 rings (SSSR count). The highest BCUT2D eigenvalue weighted by molar-refractivity contribution is 6.31. The Morgan fingerprint density at radius 1 is 1.28 bits per heavy atom. The molecule has 3 aromatic rings. The number of nitro groups is 1. The second kappa shape index (κ2) is 7.63. The molecule has 1 heterocycles. The molecule has 7 heteroatoms. The van der Waals surface area contributed by atoms with Crippen molar-refractivity contribution in [3.63, 3.8) is 0 Å². The predicted octanol–water partition coefficient (Wildman–Crippen LogP) is 4.45. The van der Waals surface area contributed by atoms with Crippen LogP contribution in [0.25, 0.3) is 11.1 Å². The highest BCUT2D eigenvalue weighted by Crippen LogP contribution is 2.23. The van der Waals surface area contributed by atoms with Gasteiger partial charge in [-0.3, -0.25) is 10.1 Å². The number of halogens is 1. The summed E-state index contributed by atoms with van der Waals surface area (Å²) in [5.41, 5.74) is 2.47. The van der Waals surface area contributed by atoms with Gasteiger partial charge in [0.1, 0.15) is 5.52 Å². The summed E-state index contributed by atoms with van der Waals surface area (Å²) in [5.74, 6) is 0.725. The third kappa shape index (κ3) is 4.35. The van der Waals surface area contributed by atoms with E-state index in [1.165, 1.54) is 12.1 Å². The summed E-state index contributed by atoms with van der Waals surface area (Å²) >= 11 is 6.15. The first-order valence-electron chi connectivity index (χ1n) is 7.99. The molecule has 6 nitrogen and oxygen atoms in total. The van der Waals surface area contributed by atoms with Crippen LogP contribution in [0.4, 0.5) is 5.69 Å². The predicted molar refractivity (Wildman–Crippen MR) is 96.8 cm³/mol. The van der Waals surface area contributed by atoms with Crippen molar-refractivity contribution in [3.8, 4) is 0 Å². The fraction of sp³-hybridized carbons (Fsp3) is 0.278. The number of aryl methyl sites for hydroxylation is 1. The van der Waals surface area contributed by atoms with E-state index >= 15 is 0 Å². The second-order valence-corrected chi connectivity index (χ2v) is 6.36. The van der Waals surface area contributed by atoms with Gasteiger partial charge < -0.3 is 9.32 Å². The number of nitro benzene ring substituents is 1. The van der Waals surface area contributed by atoms with E-state index in [0.717, 1.165) is 41.9 Å². The number of oxazole rings is 1. The van der Waals surface area contributed by atoms with Gasteiger partial charge in [0.25, 0.3) is 5.69 Å². The topological polar surface area (TPSA) is 72.4 Å². The molecule has 25 heavy (non-hydrogen) atoms. The first-order chi connectivity index (χ1) is 12.0. The van der Waals surface area contributed by atoms with Crippen molar-refractivity contribution in [2.24, 2.45) is 0 Å². The summed E-state index contributed by atoms with van der Waals surface area (Å²) in [6.07, 6.45) is 1.61. The first kappa shape index (κ1) is 17.4. The summed E-state index contributed by atoms with van der Waals surface area (Å²) in [4.78, 5) is 17.0. The SMILES string of the molecule is CN(CCCc1nc2ccccc2o1)Cc1cc([N+](=O)[O-])ccc1Cl. The molecule has 0 radical (unpaired) electrons. The number of rotatable bonds is 7. The van der Waals surface area contributed by atoms with E-state index in [1.807, 2.05) is 31.3 Å². The smallest absolute Gasteiger partial charge is 0.269 e. The minimum absolute atomic E-state index is 0.0549. The van der Waals surface area contributed by atoms with Crippen LogP contribution >= 0.6 is 11.6 Å². The molecule has 0 unspecified atom stereocenters. The number of fused-ring (bicyclic) bond motifs is 1. The zero-order valence-corrected chi connectivity index (χ0v) is 14.6. The zero-order chi connectivity index (χ0) is 17.8. The normalized spacial score (nSPS) is 11.3. The van der Waals surface area contributed by atoms with Crippen molar-refractivity contribution >= 4 is 28.4 Å². The van der Waals surface area contributed by atoms with Crippen molar-refractivity contribution in [1.29, 1.82) is 0 Å².